The van der Waals surface area contributed by atoms with Crippen molar-refractivity contribution >= 4 is 5.78 Å². The van der Waals surface area contributed by atoms with Crippen molar-refractivity contribution in [1.29, 1.82) is 0 Å². The lowest BCUT2D eigenvalue weighted by molar-refractivity contribution is -0.132. The first-order valence-electron chi connectivity index (χ1n) is 11.0. The van der Waals surface area contributed by atoms with Crippen LogP contribution in [0.2, 0.25) is 0 Å². The predicted octanol–water partition coefficient (Wildman–Crippen LogP) is 6.53. The van der Waals surface area contributed by atoms with Crippen LogP contribution in [-0.2, 0) is 4.79 Å². The molecule has 0 aromatic rings. The molecule has 0 aromatic heterocycles. The lowest BCUT2D eigenvalue weighted by Crippen LogP contribution is -2.47. The summed E-state index contributed by atoms with van der Waals surface area (Å²) >= 11 is 0. The van der Waals surface area contributed by atoms with Crippen molar-refractivity contribution in [2.45, 2.75) is 80.1 Å². The van der Waals surface area contributed by atoms with Gasteiger partial charge in [0.2, 0.25) is 0 Å². The second-order valence-corrected chi connectivity index (χ2v) is 10.3. The van der Waals surface area contributed by atoms with Gasteiger partial charge in [-0.25, -0.2) is 0 Å². The Kier molecular flexibility index (Phi) is 5.52. The van der Waals surface area contributed by atoms with E-state index in [-0.39, 0.29) is 0 Å². The molecule has 1 nitrogen and oxygen atoms in total. The van der Waals surface area contributed by atoms with Gasteiger partial charge in [0, 0.05) is 12.3 Å². The van der Waals surface area contributed by atoms with E-state index in [1.807, 2.05) is 0 Å². The molecule has 0 N–H and O–H groups in total. The zero-order chi connectivity index (χ0) is 18.4. The molecule has 0 heterocycles. The summed E-state index contributed by atoms with van der Waals surface area (Å²) < 4.78 is 0. The first-order chi connectivity index (χ1) is 11.8. The standard InChI is InChI=1S/C24H40O/c1-15(2)16(3)7-8-17(4)21-10-11-22-20-9-12-23(25)18(5)19(20)13-14-24(21,22)6/h7-8,15-22H,9-14H2,1-6H3/b8-7+/t16-,17+,18-,19+,20+,21+,22+,24+/m0/s1. The van der Waals surface area contributed by atoms with Gasteiger partial charge in [-0.3, -0.25) is 4.79 Å². The minimum Gasteiger partial charge on any atom is -0.299 e. The maximum atomic E-state index is 12.2. The molecule has 3 saturated carbocycles. The minimum atomic E-state index is 0.326. The highest BCUT2D eigenvalue weighted by Gasteiger charge is 2.56. The van der Waals surface area contributed by atoms with Gasteiger partial charge in [0.15, 0.2) is 0 Å². The van der Waals surface area contributed by atoms with Crippen LogP contribution in [0.5, 0.6) is 0 Å². The summed E-state index contributed by atoms with van der Waals surface area (Å²) in [4.78, 5) is 12.2. The van der Waals surface area contributed by atoms with E-state index in [4.69, 9.17) is 0 Å². The number of hydrogen-bond acceptors (Lipinski definition) is 1. The van der Waals surface area contributed by atoms with Crippen LogP contribution in [0.15, 0.2) is 12.2 Å². The fourth-order valence-corrected chi connectivity index (χ4v) is 6.74. The number of allylic oxidation sites excluding steroid dienone is 2. The average Bonchev–Trinajstić information content (AvgIpc) is 2.92. The maximum Gasteiger partial charge on any atom is 0.135 e. The number of hydrogen-bond donors (Lipinski definition) is 0. The fourth-order valence-electron chi connectivity index (χ4n) is 6.74. The molecular weight excluding hydrogens is 304 g/mol. The molecule has 0 aromatic carbocycles. The molecule has 0 saturated heterocycles. The van der Waals surface area contributed by atoms with E-state index in [1.54, 1.807) is 0 Å². The van der Waals surface area contributed by atoms with E-state index < -0.39 is 0 Å². The van der Waals surface area contributed by atoms with Crippen LogP contribution in [0.3, 0.4) is 0 Å². The third-order valence-corrected chi connectivity index (χ3v) is 8.84. The van der Waals surface area contributed by atoms with Crippen molar-refractivity contribution in [3.63, 3.8) is 0 Å². The van der Waals surface area contributed by atoms with Gasteiger partial charge in [-0.15, -0.1) is 0 Å². The van der Waals surface area contributed by atoms with Gasteiger partial charge in [0.05, 0.1) is 0 Å². The van der Waals surface area contributed by atoms with Gasteiger partial charge >= 0.3 is 0 Å². The van der Waals surface area contributed by atoms with Crippen molar-refractivity contribution in [3.05, 3.63) is 12.2 Å². The number of Topliss-reactive ketones (excluding diaryl/α,β-unsaturated/α-hetero) is 1. The van der Waals surface area contributed by atoms with Crippen molar-refractivity contribution < 1.29 is 4.79 Å². The molecule has 0 amide bonds. The van der Waals surface area contributed by atoms with Crippen LogP contribution in [0.4, 0.5) is 0 Å². The van der Waals surface area contributed by atoms with Gasteiger partial charge < -0.3 is 0 Å². The van der Waals surface area contributed by atoms with Gasteiger partial charge in [0.1, 0.15) is 5.78 Å². The number of fused-ring (bicyclic) bond motifs is 3. The van der Waals surface area contributed by atoms with Gasteiger partial charge in [-0.05, 0) is 78.9 Å². The number of ketones is 1. The average molecular weight is 345 g/mol. The molecule has 8 atom stereocenters. The monoisotopic (exact) mass is 344 g/mol. The number of carbonyl (C=O) groups is 1. The quantitative estimate of drug-likeness (QED) is 0.530. The Hall–Kier alpha value is -0.590. The second-order valence-electron chi connectivity index (χ2n) is 10.3. The third-order valence-electron chi connectivity index (χ3n) is 8.84. The molecule has 3 aliphatic rings. The highest BCUT2D eigenvalue weighted by molar-refractivity contribution is 5.81. The lowest BCUT2D eigenvalue weighted by atomic mass is 9.52. The van der Waals surface area contributed by atoms with Crippen LogP contribution in [0.25, 0.3) is 0 Å². The summed E-state index contributed by atoms with van der Waals surface area (Å²) in [5, 5.41) is 0. The molecule has 1 heteroatoms. The maximum absolute atomic E-state index is 12.2. The van der Waals surface area contributed by atoms with Crippen LogP contribution in [0, 0.1) is 52.8 Å². The zero-order valence-corrected chi connectivity index (χ0v) is 17.4. The van der Waals surface area contributed by atoms with Gasteiger partial charge in [-0.2, -0.15) is 0 Å². The Morgan fingerprint density at radius 1 is 1.00 bits per heavy atom. The van der Waals surface area contributed by atoms with E-state index >= 15 is 0 Å². The predicted molar refractivity (Wildman–Crippen MR) is 106 cm³/mol. The molecule has 3 aliphatic carbocycles. The zero-order valence-electron chi connectivity index (χ0n) is 17.4. The first-order valence-corrected chi connectivity index (χ1v) is 11.0. The normalized spacial score (nSPS) is 44.0. The summed E-state index contributed by atoms with van der Waals surface area (Å²) in [6, 6.07) is 0. The fraction of sp³-hybridized carbons (Fsp3) is 0.875. The number of carbonyl (C=O) groups excluding carboxylic acids is 1. The van der Waals surface area contributed by atoms with Gasteiger partial charge in [0.25, 0.3) is 0 Å². The van der Waals surface area contributed by atoms with Crippen LogP contribution >= 0.6 is 0 Å². The molecule has 142 valence electrons. The van der Waals surface area contributed by atoms with Crippen molar-refractivity contribution in [3.8, 4) is 0 Å². The Balaban J connectivity index is 1.73. The summed E-state index contributed by atoms with van der Waals surface area (Å²) in [7, 11) is 0. The Morgan fingerprint density at radius 3 is 2.40 bits per heavy atom. The second kappa shape index (κ2) is 7.20. The highest BCUT2D eigenvalue weighted by atomic mass is 16.1. The lowest BCUT2D eigenvalue weighted by Gasteiger charge is -2.52. The molecule has 0 aliphatic heterocycles. The van der Waals surface area contributed by atoms with E-state index in [1.165, 1.54) is 32.1 Å². The molecule has 0 unspecified atom stereocenters. The van der Waals surface area contributed by atoms with E-state index in [0.717, 1.165) is 30.1 Å². The Bertz CT molecular complexity index is 518. The van der Waals surface area contributed by atoms with Crippen molar-refractivity contribution in [2.24, 2.45) is 52.8 Å². The van der Waals surface area contributed by atoms with Crippen LogP contribution in [0.1, 0.15) is 80.1 Å². The molecule has 3 fully saturated rings. The SMILES string of the molecule is CC(C)[C@@H](C)/C=C/[C@@H](C)[C@H]1CC[C@@H]2[C@@H]3CCC(=O)[C@@H](C)[C@H]3CC[C@@]21C. The number of rotatable bonds is 4. The van der Waals surface area contributed by atoms with Crippen molar-refractivity contribution in [2.75, 3.05) is 0 Å². The van der Waals surface area contributed by atoms with E-state index in [0.29, 0.717) is 34.9 Å². The van der Waals surface area contributed by atoms with Crippen molar-refractivity contribution in [1.82, 2.24) is 0 Å². The Labute approximate surface area is 156 Å². The molecule has 0 spiro atoms. The summed E-state index contributed by atoms with van der Waals surface area (Å²) in [6.07, 6.45) is 12.5. The smallest absolute Gasteiger partial charge is 0.135 e. The third kappa shape index (κ3) is 3.37. The molecular formula is C24H40O. The summed E-state index contributed by atoms with van der Waals surface area (Å²) in [5.74, 6) is 6.17. The molecule has 0 bridgehead atoms. The highest BCUT2D eigenvalue weighted by Crippen LogP contribution is 2.63. The summed E-state index contributed by atoms with van der Waals surface area (Å²) in [5.41, 5.74) is 0.506. The van der Waals surface area contributed by atoms with Crippen LogP contribution in [-0.4, -0.2) is 5.78 Å². The molecule has 3 rings (SSSR count). The minimum absolute atomic E-state index is 0.326. The largest absolute Gasteiger partial charge is 0.299 e. The van der Waals surface area contributed by atoms with Gasteiger partial charge in [-0.1, -0.05) is 53.7 Å². The topological polar surface area (TPSA) is 17.1 Å². The van der Waals surface area contributed by atoms with E-state index in [9.17, 15) is 4.79 Å². The first kappa shape index (κ1) is 19.2. The summed E-state index contributed by atoms with van der Waals surface area (Å²) in [6.45, 7) is 14.3. The van der Waals surface area contributed by atoms with E-state index in [2.05, 4.69) is 53.7 Å². The van der Waals surface area contributed by atoms with Crippen LogP contribution < -0.4 is 0 Å². The molecule has 25 heavy (non-hydrogen) atoms. The Morgan fingerprint density at radius 2 is 1.72 bits per heavy atom. The molecule has 0 radical (unpaired) electrons.